The minimum absolute atomic E-state index is 0.673. The Morgan fingerprint density at radius 3 is 2.56 bits per heavy atom. The van der Waals surface area contributed by atoms with Gasteiger partial charge in [0.25, 0.3) is 0 Å². The summed E-state index contributed by atoms with van der Waals surface area (Å²) < 4.78 is 1.08. The van der Waals surface area contributed by atoms with E-state index in [2.05, 4.69) is 15.9 Å². The maximum Gasteiger partial charge on any atom is 0.323 e. The fraction of sp³-hybridized carbons (Fsp3) is 0.545. The molecule has 0 bridgehead atoms. The number of carbonyl (C=O) groups is 1. The van der Waals surface area contributed by atoms with E-state index in [1.54, 1.807) is 25.2 Å². The summed E-state index contributed by atoms with van der Waals surface area (Å²) >= 11 is 5.05. The highest BCUT2D eigenvalue weighted by Gasteiger charge is 2.33. The molecule has 0 aliphatic rings. The summed E-state index contributed by atoms with van der Waals surface area (Å²) in [5.41, 5.74) is -0.828. The maximum atomic E-state index is 11.2. The minimum Gasteiger partial charge on any atom is -0.480 e. The quantitative estimate of drug-likeness (QED) is 0.908. The van der Waals surface area contributed by atoms with Crippen molar-refractivity contribution < 1.29 is 9.90 Å². The third-order valence-electron chi connectivity index (χ3n) is 2.67. The zero-order valence-electron chi connectivity index (χ0n) is 9.66. The predicted molar refractivity (Wildman–Crippen MR) is 69.8 cm³/mol. The first-order chi connectivity index (χ1) is 7.37. The van der Waals surface area contributed by atoms with Crippen molar-refractivity contribution >= 4 is 33.2 Å². The Balaban J connectivity index is 2.80. The highest BCUT2D eigenvalue weighted by Crippen LogP contribution is 2.26. The number of thiophene rings is 1. The van der Waals surface area contributed by atoms with Gasteiger partial charge in [-0.25, -0.2) is 0 Å². The van der Waals surface area contributed by atoms with Crippen LogP contribution in [0, 0.1) is 0 Å². The molecule has 90 valence electrons. The molecule has 1 aromatic rings. The number of rotatable bonds is 5. The van der Waals surface area contributed by atoms with E-state index in [9.17, 15) is 9.90 Å². The molecular weight excluding hydrogens is 290 g/mol. The predicted octanol–water partition coefficient (Wildman–Crippen LogP) is 3.20. The first-order valence-electron chi connectivity index (χ1n) is 5.10. The molecular formula is C11H16BrNO2S. The van der Waals surface area contributed by atoms with Gasteiger partial charge in [0.05, 0.1) is 3.79 Å². The molecule has 0 saturated carbocycles. The van der Waals surface area contributed by atoms with Gasteiger partial charge < -0.3 is 5.11 Å². The molecule has 16 heavy (non-hydrogen) atoms. The maximum absolute atomic E-state index is 11.2. The van der Waals surface area contributed by atoms with E-state index in [4.69, 9.17) is 0 Å². The van der Waals surface area contributed by atoms with Crippen molar-refractivity contribution in [3.8, 4) is 0 Å². The fourth-order valence-corrected chi connectivity index (χ4v) is 2.96. The first-order valence-corrected chi connectivity index (χ1v) is 6.71. The molecule has 1 N–H and O–H groups in total. The van der Waals surface area contributed by atoms with Crippen molar-refractivity contribution in [2.24, 2.45) is 0 Å². The van der Waals surface area contributed by atoms with Gasteiger partial charge >= 0.3 is 5.97 Å². The van der Waals surface area contributed by atoms with Crippen LogP contribution in [0.5, 0.6) is 0 Å². The molecule has 0 atom stereocenters. The number of hydrogen-bond donors (Lipinski definition) is 1. The lowest BCUT2D eigenvalue weighted by atomic mass is 10.0. The highest BCUT2D eigenvalue weighted by molar-refractivity contribution is 9.11. The van der Waals surface area contributed by atoms with Crippen LogP contribution in [-0.4, -0.2) is 28.1 Å². The van der Waals surface area contributed by atoms with Gasteiger partial charge in [-0.05, 0) is 48.5 Å². The number of carboxylic acids is 1. The standard InChI is InChI=1S/C11H16BrNO2S/c1-4-13(11(2,3)10(14)15)7-8-5-6-9(12)16-8/h5-6H,4,7H2,1-3H3,(H,14,15). The second kappa shape index (κ2) is 5.29. The molecule has 1 rings (SSSR count). The van der Waals surface area contributed by atoms with Gasteiger partial charge in [-0.1, -0.05) is 6.92 Å². The van der Waals surface area contributed by atoms with Crippen molar-refractivity contribution in [2.45, 2.75) is 32.9 Å². The zero-order valence-corrected chi connectivity index (χ0v) is 12.1. The van der Waals surface area contributed by atoms with Crippen LogP contribution < -0.4 is 0 Å². The summed E-state index contributed by atoms with van der Waals surface area (Å²) in [6.07, 6.45) is 0. The van der Waals surface area contributed by atoms with E-state index in [0.717, 1.165) is 10.3 Å². The Morgan fingerprint density at radius 2 is 2.19 bits per heavy atom. The molecule has 0 amide bonds. The van der Waals surface area contributed by atoms with Gasteiger partial charge in [0.2, 0.25) is 0 Å². The number of hydrogen-bond acceptors (Lipinski definition) is 3. The topological polar surface area (TPSA) is 40.5 Å². The molecule has 0 unspecified atom stereocenters. The molecule has 1 aromatic heterocycles. The van der Waals surface area contributed by atoms with Crippen molar-refractivity contribution in [2.75, 3.05) is 6.54 Å². The van der Waals surface area contributed by atoms with E-state index >= 15 is 0 Å². The molecule has 0 spiro atoms. The average molecular weight is 306 g/mol. The Labute approximate surface area is 108 Å². The van der Waals surface area contributed by atoms with Gasteiger partial charge in [-0.3, -0.25) is 9.69 Å². The van der Waals surface area contributed by atoms with E-state index in [1.807, 2.05) is 24.0 Å². The van der Waals surface area contributed by atoms with Crippen LogP contribution in [0.2, 0.25) is 0 Å². The van der Waals surface area contributed by atoms with Gasteiger partial charge in [0.1, 0.15) is 5.54 Å². The van der Waals surface area contributed by atoms with Crippen molar-refractivity contribution in [1.29, 1.82) is 0 Å². The van der Waals surface area contributed by atoms with Crippen LogP contribution in [0.3, 0.4) is 0 Å². The molecule has 0 saturated heterocycles. The Hall–Kier alpha value is -0.390. The average Bonchev–Trinajstić information content (AvgIpc) is 2.60. The molecule has 1 heterocycles. The van der Waals surface area contributed by atoms with Gasteiger partial charge in [0, 0.05) is 11.4 Å². The van der Waals surface area contributed by atoms with Crippen LogP contribution in [-0.2, 0) is 11.3 Å². The minimum atomic E-state index is -0.828. The largest absolute Gasteiger partial charge is 0.480 e. The molecule has 0 aliphatic carbocycles. The lowest BCUT2D eigenvalue weighted by Gasteiger charge is -2.33. The summed E-state index contributed by atoms with van der Waals surface area (Å²) in [6, 6.07) is 4.01. The Kier molecular flexibility index (Phi) is 4.52. The third kappa shape index (κ3) is 3.06. The van der Waals surface area contributed by atoms with Gasteiger partial charge in [-0.15, -0.1) is 11.3 Å². The summed E-state index contributed by atoms with van der Waals surface area (Å²) in [4.78, 5) is 14.3. The number of halogens is 1. The van der Waals surface area contributed by atoms with Crippen LogP contribution in [0.1, 0.15) is 25.6 Å². The third-order valence-corrected chi connectivity index (χ3v) is 4.28. The van der Waals surface area contributed by atoms with E-state index in [0.29, 0.717) is 6.54 Å². The summed E-state index contributed by atoms with van der Waals surface area (Å²) in [7, 11) is 0. The molecule has 5 heteroatoms. The highest BCUT2D eigenvalue weighted by atomic mass is 79.9. The number of carboxylic acid groups (broad SMARTS) is 1. The monoisotopic (exact) mass is 305 g/mol. The van der Waals surface area contributed by atoms with Gasteiger partial charge in [-0.2, -0.15) is 0 Å². The van der Waals surface area contributed by atoms with Crippen LogP contribution in [0.15, 0.2) is 15.9 Å². The number of aliphatic carboxylic acids is 1. The smallest absolute Gasteiger partial charge is 0.323 e. The first kappa shape index (κ1) is 13.7. The normalized spacial score (nSPS) is 12.1. The molecule has 0 aliphatic heterocycles. The zero-order chi connectivity index (χ0) is 12.3. The molecule has 0 aromatic carbocycles. The number of nitrogens with zero attached hydrogens (tertiary/aromatic N) is 1. The second-order valence-electron chi connectivity index (χ2n) is 4.08. The van der Waals surface area contributed by atoms with Crippen LogP contribution in [0.4, 0.5) is 0 Å². The lowest BCUT2D eigenvalue weighted by molar-refractivity contribution is -0.149. The number of likely N-dealkylation sites (N-methyl/N-ethyl adjacent to an activating group) is 1. The summed E-state index contributed by atoms with van der Waals surface area (Å²) in [5.74, 6) is -0.787. The Morgan fingerprint density at radius 1 is 1.56 bits per heavy atom. The molecule has 0 fully saturated rings. The van der Waals surface area contributed by atoms with Crippen LogP contribution >= 0.6 is 27.3 Å². The second-order valence-corrected chi connectivity index (χ2v) is 6.63. The van der Waals surface area contributed by atoms with Crippen molar-refractivity contribution in [3.63, 3.8) is 0 Å². The van der Waals surface area contributed by atoms with Crippen LogP contribution in [0.25, 0.3) is 0 Å². The Bertz CT molecular complexity index is 376. The fourth-order valence-electron chi connectivity index (χ4n) is 1.46. The van der Waals surface area contributed by atoms with Crippen molar-refractivity contribution in [3.05, 3.63) is 20.8 Å². The summed E-state index contributed by atoms with van der Waals surface area (Å²) in [5, 5.41) is 9.18. The van der Waals surface area contributed by atoms with E-state index < -0.39 is 11.5 Å². The van der Waals surface area contributed by atoms with Gasteiger partial charge in [0.15, 0.2) is 0 Å². The lowest BCUT2D eigenvalue weighted by Crippen LogP contribution is -2.49. The van der Waals surface area contributed by atoms with E-state index in [1.165, 1.54) is 4.88 Å². The van der Waals surface area contributed by atoms with Crippen molar-refractivity contribution in [1.82, 2.24) is 4.90 Å². The molecule has 0 radical (unpaired) electrons. The van der Waals surface area contributed by atoms with E-state index in [-0.39, 0.29) is 0 Å². The SMILES string of the molecule is CCN(Cc1ccc(Br)s1)C(C)(C)C(=O)O. The summed E-state index contributed by atoms with van der Waals surface area (Å²) in [6.45, 7) is 6.84. The molecule has 3 nitrogen and oxygen atoms in total.